The average molecular weight is 1140 g/mol. The second kappa shape index (κ2) is 19.0. The van der Waals surface area contributed by atoms with Gasteiger partial charge in [0.25, 0.3) is 0 Å². The van der Waals surface area contributed by atoms with Crippen molar-refractivity contribution in [2.45, 2.75) is 164 Å². The van der Waals surface area contributed by atoms with Crippen molar-refractivity contribution in [3.05, 3.63) is 166 Å². The van der Waals surface area contributed by atoms with Crippen LogP contribution < -0.4 is 0 Å². The molecule has 0 radical (unpaired) electrons. The molecule has 2 heterocycles. The Bertz CT molecular complexity index is 3400. The fraction of sp³-hybridized carbons (Fsp3) is 0.373. The first-order chi connectivity index (χ1) is 34.0. The molecule has 2 aromatic heterocycles. The van der Waals surface area contributed by atoms with E-state index in [1.807, 2.05) is 47.2 Å². The van der Waals surface area contributed by atoms with Gasteiger partial charge >= 0.3 is 0 Å². The van der Waals surface area contributed by atoms with Crippen molar-refractivity contribution in [3.8, 4) is 67.5 Å². The molecule has 72 heavy (non-hydrogen) atoms. The van der Waals surface area contributed by atoms with E-state index in [1.165, 1.54) is 16.7 Å². The summed E-state index contributed by atoms with van der Waals surface area (Å²) in [5.41, 5.74) is 15.2. The molecule has 1 N–H and O–H groups in total. The minimum Gasteiger partial charge on any atom is -0.507 e. The Morgan fingerprint density at radius 2 is 1.03 bits per heavy atom. The number of hydrogen-bond acceptors (Lipinski definition) is 3. The first-order valence-corrected chi connectivity index (χ1v) is 25.4. The zero-order valence-corrected chi connectivity index (χ0v) is 48.4. The Morgan fingerprint density at radius 3 is 1.60 bits per heavy atom. The molecule has 378 valence electrons. The SMILES string of the molecule is [2H]C([2H])([2H])c1cc(-c2cc(C(C)(C)C)cc(C(C)(C)C)c2)ccc1-n1c(-c2cc(C(C)(C)C)cc(C(C)(C)C)c2O)nc2c(-c3[c-]c(-c4cc(-c5ccc(C(C)(C)C)cc5)ccn4)cc(C(C)(C)C)c3)cccc21.[Pt]. The van der Waals surface area contributed by atoms with Crippen LogP contribution in [0.1, 0.15) is 168 Å². The summed E-state index contributed by atoms with van der Waals surface area (Å²) in [7, 11) is 0. The molecule has 0 bridgehead atoms. The van der Waals surface area contributed by atoms with Crippen LogP contribution in [0.2, 0.25) is 0 Å². The van der Waals surface area contributed by atoms with Crippen LogP contribution in [0.25, 0.3) is 72.7 Å². The van der Waals surface area contributed by atoms with Gasteiger partial charge in [0.15, 0.2) is 0 Å². The quantitative estimate of drug-likeness (QED) is 0.169. The summed E-state index contributed by atoms with van der Waals surface area (Å²) >= 11 is 0. The van der Waals surface area contributed by atoms with Crippen molar-refractivity contribution in [2.75, 3.05) is 0 Å². The Hall–Kier alpha value is -5.57. The summed E-state index contributed by atoms with van der Waals surface area (Å²) in [6.07, 6.45) is 1.87. The third kappa shape index (κ3) is 11.0. The topological polar surface area (TPSA) is 50.9 Å². The van der Waals surface area contributed by atoms with Gasteiger partial charge in [-0.3, -0.25) is 9.55 Å². The van der Waals surface area contributed by atoms with Gasteiger partial charge in [-0.15, -0.1) is 29.3 Å². The molecule has 4 nitrogen and oxygen atoms in total. The van der Waals surface area contributed by atoms with Crippen LogP contribution in [0.4, 0.5) is 0 Å². The summed E-state index contributed by atoms with van der Waals surface area (Å²) in [5, 5.41) is 12.6. The number of phenolic OH excluding ortho intramolecular Hbond substituents is 1. The molecule has 8 rings (SSSR count). The standard InChI is InChI=1S/C67H78N3O.Pt/c1-41-31-43(45-33-50(64(8,9)10)38-51(34-45)65(11,12)13)25-28-57(41)70-58-22-20-21-53(59(58)69-61(70)54-39-52(66(14,15)16)40-55(60(54)71)67(17,18)19)46-32-47(36-49(35-46)63(5,6)7)56-37-44(29-30-68-56)42-23-26-48(27-24-42)62(2,3)4;/h20-31,33-40,71H,1-19H3;/q-1;/i1D3;. The summed E-state index contributed by atoms with van der Waals surface area (Å²) in [6, 6.07) is 43.9. The first-order valence-electron chi connectivity index (χ1n) is 26.9. The van der Waals surface area contributed by atoms with E-state index in [0.29, 0.717) is 28.1 Å². The number of aromatic hydroxyl groups is 1. The Balaban J connectivity index is 0.00000820. The molecule has 0 aliphatic rings. The van der Waals surface area contributed by atoms with Crippen LogP contribution >= 0.6 is 0 Å². The average Bonchev–Trinajstić information content (AvgIpc) is 3.68. The van der Waals surface area contributed by atoms with E-state index in [0.717, 1.165) is 61.3 Å². The van der Waals surface area contributed by atoms with E-state index in [9.17, 15) is 9.22 Å². The van der Waals surface area contributed by atoms with Gasteiger partial charge in [-0.2, -0.15) is 0 Å². The molecule has 0 amide bonds. The van der Waals surface area contributed by atoms with Crippen LogP contribution in [0, 0.1) is 12.9 Å². The molecular formula is C67H78N3OPt-. The van der Waals surface area contributed by atoms with Gasteiger partial charge in [-0.25, -0.2) is 4.98 Å². The second-order valence-corrected chi connectivity index (χ2v) is 26.1. The van der Waals surface area contributed by atoms with Crippen molar-refractivity contribution in [1.29, 1.82) is 0 Å². The zero-order chi connectivity index (χ0) is 54.5. The van der Waals surface area contributed by atoms with E-state index in [-0.39, 0.29) is 59.5 Å². The number of fused-ring (bicyclic) bond motifs is 1. The smallest absolute Gasteiger partial charge is 0.148 e. The van der Waals surface area contributed by atoms with Gasteiger partial charge in [-0.1, -0.05) is 209 Å². The van der Waals surface area contributed by atoms with Gasteiger partial charge in [-0.05, 0) is 120 Å². The van der Waals surface area contributed by atoms with Crippen LogP contribution in [0.15, 0.2) is 121 Å². The number of aryl methyl sites for hydroxylation is 1. The number of nitrogens with zero attached hydrogens (tertiary/aromatic N) is 3. The number of aromatic nitrogens is 3. The molecule has 0 aliphatic heterocycles. The van der Waals surface area contributed by atoms with Crippen LogP contribution in [0.5, 0.6) is 5.75 Å². The molecule has 0 saturated carbocycles. The summed E-state index contributed by atoms with van der Waals surface area (Å²) in [5.74, 6) is 0.565. The number of phenols is 1. The number of rotatable bonds is 6. The third-order valence-corrected chi connectivity index (χ3v) is 14.1. The number of hydrogen-bond donors (Lipinski definition) is 1. The number of imidazole rings is 1. The van der Waals surface area contributed by atoms with Crippen molar-refractivity contribution in [3.63, 3.8) is 0 Å². The summed E-state index contributed by atoms with van der Waals surface area (Å²) in [4.78, 5) is 10.5. The number of para-hydroxylation sites is 1. The van der Waals surface area contributed by atoms with Crippen molar-refractivity contribution in [1.82, 2.24) is 14.5 Å². The van der Waals surface area contributed by atoms with E-state index < -0.39 is 12.3 Å². The predicted molar refractivity (Wildman–Crippen MR) is 303 cm³/mol. The normalized spacial score (nSPS) is 13.7. The second-order valence-electron chi connectivity index (χ2n) is 26.1. The zero-order valence-electron chi connectivity index (χ0n) is 49.2. The molecule has 0 spiro atoms. The molecule has 0 aliphatic carbocycles. The van der Waals surface area contributed by atoms with E-state index in [1.54, 1.807) is 0 Å². The van der Waals surface area contributed by atoms with Gasteiger partial charge < -0.3 is 5.11 Å². The molecule has 6 aromatic carbocycles. The monoisotopic (exact) mass is 1140 g/mol. The minimum atomic E-state index is -2.53. The van der Waals surface area contributed by atoms with E-state index >= 15 is 0 Å². The van der Waals surface area contributed by atoms with Crippen LogP contribution in [-0.2, 0) is 53.6 Å². The first kappa shape index (κ1) is 50.0. The van der Waals surface area contributed by atoms with Crippen LogP contribution in [-0.4, -0.2) is 19.6 Å². The minimum absolute atomic E-state index is 0. The number of benzene rings is 6. The van der Waals surface area contributed by atoms with Crippen LogP contribution in [0.3, 0.4) is 0 Å². The van der Waals surface area contributed by atoms with Gasteiger partial charge in [0.05, 0.1) is 22.3 Å². The van der Waals surface area contributed by atoms with E-state index in [4.69, 9.17) is 9.97 Å². The Kier molecular flexibility index (Phi) is 13.2. The molecule has 0 fully saturated rings. The Morgan fingerprint density at radius 1 is 0.486 bits per heavy atom. The predicted octanol–water partition coefficient (Wildman–Crippen LogP) is 18.4. The van der Waals surface area contributed by atoms with Gasteiger partial charge in [0.2, 0.25) is 0 Å². The van der Waals surface area contributed by atoms with Gasteiger partial charge in [0.1, 0.15) is 11.6 Å². The molecule has 8 aromatic rings. The molecular weight excluding hydrogens is 1060 g/mol. The summed E-state index contributed by atoms with van der Waals surface area (Å²) < 4.78 is 29.6. The molecule has 0 unspecified atom stereocenters. The fourth-order valence-corrected chi connectivity index (χ4v) is 9.33. The molecule has 0 saturated heterocycles. The van der Waals surface area contributed by atoms with Crippen molar-refractivity contribution in [2.24, 2.45) is 0 Å². The maximum Gasteiger partial charge on any atom is 0.148 e. The van der Waals surface area contributed by atoms with Gasteiger partial charge in [0, 0.05) is 42.6 Å². The van der Waals surface area contributed by atoms with Crippen molar-refractivity contribution < 1.29 is 30.3 Å². The maximum atomic E-state index is 12.6. The molecule has 0 atom stereocenters. The number of pyridine rings is 1. The molecule has 5 heteroatoms. The summed E-state index contributed by atoms with van der Waals surface area (Å²) in [6.45, 7) is 36.9. The Labute approximate surface area is 451 Å². The van der Waals surface area contributed by atoms with Crippen molar-refractivity contribution >= 4 is 11.0 Å². The maximum absolute atomic E-state index is 12.6. The third-order valence-electron chi connectivity index (χ3n) is 14.1. The van der Waals surface area contributed by atoms with E-state index in [2.05, 4.69) is 210 Å². The fourth-order valence-electron chi connectivity index (χ4n) is 9.33. The largest absolute Gasteiger partial charge is 0.507 e.